The second-order valence-corrected chi connectivity index (χ2v) is 6.66. The van der Waals surface area contributed by atoms with E-state index >= 15 is 0 Å². The Balaban J connectivity index is 2.11. The minimum absolute atomic E-state index is 0.0439. The molecule has 0 bridgehead atoms. The van der Waals surface area contributed by atoms with Gasteiger partial charge < -0.3 is 4.98 Å². The van der Waals surface area contributed by atoms with Crippen LogP contribution in [-0.4, -0.2) is 24.9 Å². The molecule has 0 aromatic carbocycles. The van der Waals surface area contributed by atoms with Crippen molar-refractivity contribution in [2.75, 3.05) is 6.54 Å². The maximum Gasteiger partial charge on any atom is 0.245 e. The molecule has 2 aromatic rings. The number of nitrogens with one attached hydrogen (secondary N) is 2. The Morgan fingerprint density at radius 3 is 2.95 bits per heavy atom. The molecule has 2 aromatic heterocycles. The van der Waals surface area contributed by atoms with Gasteiger partial charge in [-0.15, -0.1) is 11.3 Å². The highest BCUT2D eigenvalue weighted by atomic mass is 32.2. The molecule has 2 N–H and O–H groups in total. The summed E-state index contributed by atoms with van der Waals surface area (Å²) in [5, 5.41) is 2.69. The molecule has 2 rings (SSSR count). The van der Waals surface area contributed by atoms with Gasteiger partial charge in [0.2, 0.25) is 15.5 Å². The zero-order valence-electron chi connectivity index (χ0n) is 10.2. The molecule has 0 aliphatic heterocycles. The number of aromatic nitrogens is 2. The van der Waals surface area contributed by atoms with Crippen molar-refractivity contribution >= 4 is 21.4 Å². The Hall–Kier alpha value is -1.51. The van der Waals surface area contributed by atoms with Gasteiger partial charge in [0.05, 0.1) is 5.01 Å². The fourth-order valence-electron chi connectivity index (χ4n) is 1.49. The molecule has 0 radical (unpaired) electrons. The number of H-pyrrole nitrogens is 1. The number of aromatic amines is 1. The average molecular weight is 299 g/mol. The molecule has 0 spiro atoms. The third kappa shape index (κ3) is 3.28. The van der Waals surface area contributed by atoms with Crippen molar-refractivity contribution in [1.82, 2.24) is 14.7 Å². The lowest BCUT2D eigenvalue weighted by Gasteiger charge is -2.10. The summed E-state index contributed by atoms with van der Waals surface area (Å²) in [4.78, 5) is 17.9. The van der Waals surface area contributed by atoms with E-state index in [4.69, 9.17) is 0 Å². The third-order valence-corrected chi connectivity index (χ3v) is 4.98. The van der Waals surface area contributed by atoms with Crippen LogP contribution in [0.2, 0.25) is 0 Å². The van der Waals surface area contributed by atoms with E-state index in [1.54, 1.807) is 6.20 Å². The van der Waals surface area contributed by atoms with Crippen LogP contribution in [0.15, 0.2) is 39.7 Å². The molecular weight excluding hydrogens is 286 g/mol. The van der Waals surface area contributed by atoms with E-state index in [0.717, 1.165) is 5.01 Å². The summed E-state index contributed by atoms with van der Waals surface area (Å²) in [5.74, 6) is -0.0439. The van der Waals surface area contributed by atoms with Crippen LogP contribution in [0.1, 0.15) is 17.8 Å². The van der Waals surface area contributed by atoms with E-state index in [0.29, 0.717) is 0 Å². The lowest BCUT2D eigenvalue weighted by atomic mass is 10.2. The Morgan fingerprint density at radius 1 is 1.53 bits per heavy atom. The van der Waals surface area contributed by atoms with E-state index < -0.39 is 15.5 Å². The van der Waals surface area contributed by atoms with Crippen molar-refractivity contribution in [3.63, 3.8) is 0 Å². The first-order chi connectivity index (χ1) is 9.00. The largest absolute Gasteiger partial charge is 0.366 e. The van der Waals surface area contributed by atoms with Crippen LogP contribution in [0, 0.1) is 0 Å². The Bertz CT molecular complexity index is 692. The summed E-state index contributed by atoms with van der Waals surface area (Å²) in [6, 6.07) is 1.18. The second kappa shape index (κ2) is 5.64. The van der Waals surface area contributed by atoms with Gasteiger partial charge in [0.25, 0.3) is 0 Å². The van der Waals surface area contributed by atoms with Gasteiger partial charge in [-0.05, 0) is 0 Å². The summed E-state index contributed by atoms with van der Waals surface area (Å²) in [5.41, 5.74) is -0.534. The van der Waals surface area contributed by atoms with Gasteiger partial charge >= 0.3 is 0 Å². The summed E-state index contributed by atoms with van der Waals surface area (Å²) in [6.45, 7) is 2.07. The summed E-state index contributed by atoms with van der Waals surface area (Å²) in [7, 11) is -3.79. The lowest BCUT2D eigenvalue weighted by molar-refractivity contribution is 0.573. The number of rotatable bonds is 5. The number of hydrogen-bond acceptors (Lipinski definition) is 5. The minimum Gasteiger partial charge on any atom is -0.366 e. The molecule has 8 heteroatoms. The molecule has 2 heterocycles. The fraction of sp³-hybridized carbons (Fsp3) is 0.273. The van der Waals surface area contributed by atoms with Crippen molar-refractivity contribution in [1.29, 1.82) is 0 Å². The van der Waals surface area contributed by atoms with Gasteiger partial charge in [0.15, 0.2) is 0 Å². The quantitative estimate of drug-likeness (QED) is 0.858. The molecule has 0 saturated carbocycles. The van der Waals surface area contributed by atoms with Crippen LogP contribution < -0.4 is 10.2 Å². The summed E-state index contributed by atoms with van der Waals surface area (Å²) in [6.07, 6.45) is 4.24. The van der Waals surface area contributed by atoms with Gasteiger partial charge in [-0.25, -0.2) is 18.1 Å². The molecule has 0 saturated heterocycles. The molecule has 0 aliphatic carbocycles. The van der Waals surface area contributed by atoms with Crippen molar-refractivity contribution in [3.8, 4) is 0 Å². The fourth-order valence-corrected chi connectivity index (χ4v) is 3.37. The van der Waals surface area contributed by atoms with Crippen molar-refractivity contribution < 1.29 is 8.42 Å². The molecule has 0 fully saturated rings. The number of thiazole rings is 1. The first-order valence-electron chi connectivity index (χ1n) is 5.57. The number of sulfonamides is 1. The van der Waals surface area contributed by atoms with Crippen LogP contribution >= 0.6 is 11.3 Å². The van der Waals surface area contributed by atoms with E-state index in [-0.39, 0.29) is 17.4 Å². The van der Waals surface area contributed by atoms with Crippen LogP contribution in [0.4, 0.5) is 0 Å². The predicted octanol–water partition coefficient (Wildman–Crippen LogP) is 0.913. The maximum atomic E-state index is 12.0. The van der Waals surface area contributed by atoms with Gasteiger partial charge in [0, 0.05) is 42.5 Å². The first-order valence-corrected chi connectivity index (χ1v) is 7.93. The molecular formula is C11H13N3O3S2. The monoisotopic (exact) mass is 299 g/mol. The Labute approximate surface area is 114 Å². The summed E-state index contributed by atoms with van der Waals surface area (Å²) < 4.78 is 26.4. The van der Waals surface area contributed by atoms with E-state index in [2.05, 4.69) is 14.7 Å². The molecule has 19 heavy (non-hydrogen) atoms. The first kappa shape index (κ1) is 13.9. The topological polar surface area (TPSA) is 91.9 Å². The van der Waals surface area contributed by atoms with Crippen LogP contribution in [-0.2, 0) is 10.0 Å². The van der Waals surface area contributed by atoms with Crippen molar-refractivity contribution in [2.45, 2.75) is 17.7 Å². The number of hydrogen-bond donors (Lipinski definition) is 2. The molecule has 0 amide bonds. The smallest absolute Gasteiger partial charge is 0.245 e. The molecule has 0 aliphatic rings. The highest BCUT2D eigenvalue weighted by Crippen LogP contribution is 2.17. The van der Waals surface area contributed by atoms with E-state index in [1.165, 1.54) is 29.8 Å². The highest BCUT2D eigenvalue weighted by molar-refractivity contribution is 7.89. The van der Waals surface area contributed by atoms with Crippen LogP contribution in [0.3, 0.4) is 0 Å². The number of pyridine rings is 1. The van der Waals surface area contributed by atoms with Gasteiger partial charge in [0.1, 0.15) is 4.90 Å². The number of nitrogens with zero attached hydrogens (tertiary/aromatic N) is 1. The molecule has 1 atom stereocenters. The van der Waals surface area contributed by atoms with E-state index in [1.807, 2.05) is 12.3 Å². The lowest BCUT2D eigenvalue weighted by Crippen LogP contribution is -2.31. The zero-order chi connectivity index (χ0) is 13.9. The minimum atomic E-state index is -3.79. The SMILES string of the molecule is CC(CNS(=O)(=O)c1c[nH]ccc1=O)c1nccs1. The Morgan fingerprint density at radius 2 is 2.32 bits per heavy atom. The average Bonchev–Trinajstić information content (AvgIpc) is 2.90. The zero-order valence-corrected chi connectivity index (χ0v) is 11.8. The molecule has 102 valence electrons. The molecule has 1 unspecified atom stereocenters. The van der Waals surface area contributed by atoms with Gasteiger partial charge in [-0.3, -0.25) is 4.79 Å². The maximum absolute atomic E-state index is 12.0. The summed E-state index contributed by atoms with van der Waals surface area (Å²) >= 11 is 1.47. The van der Waals surface area contributed by atoms with Crippen LogP contribution in [0.25, 0.3) is 0 Å². The van der Waals surface area contributed by atoms with Crippen LogP contribution in [0.5, 0.6) is 0 Å². The van der Waals surface area contributed by atoms with E-state index in [9.17, 15) is 13.2 Å². The Kier molecular flexibility index (Phi) is 4.13. The predicted molar refractivity (Wildman–Crippen MR) is 72.8 cm³/mol. The van der Waals surface area contributed by atoms with Crippen molar-refractivity contribution in [3.05, 3.63) is 45.3 Å². The van der Waals surface area contributed by atoms with Crippen molar-refractivity contribution in [2.24, 2.45) is 0 Å². The van der Waals surface area contributed by atoms with Gasteiger partial charge in [-0.2, -0.15) is 0 Å². The second-order valence-electron chi connectivity index (χ2n) is 4.00. The highest BCUT2D eigenvalue weighted by Gasteiger charge is 2.19. The molecule has 6 nitrogen and oxygen atoms in total. The third-order valence-electron chi connectivity index (χ3n) is 2.53. The van der Waals surface area contributed by atoms with Gasteiger partial charge in [-0.1, -0.05) is 6.92 Å². The normalized spacial score (nSPS) is 13.3. The standard InChI is InChI=1S/C11H13N3O3S2/c1-8(11-13-4-5-18-11)6-14-19(16,17)10-7-12-3-2-9(10)15/h2-5,7-8,14H,6H2,1H3,(H,12,15).